The number of nitrogen functional groups attached to an aromatic ring is 1. The number of likely N-dealkylation sites (tertiary alicyclic amines) is 1. The number of ether oxygens (including phenoxy) is 1. The summed E-state index contributed by atoms with van der Waals surface area (Å²) in [6, 6.07) is 11.4. The lowest BCUT2D eigenvalue weighted by Gasteiger charge is -2.33. The Morgan fingerprint density at radius 2 is 1.60 bits per heavy atom. The van der Waals surface area contributed by atoms with Gasteiger partial charge in [-0.2, -0.15) is 0 Å². The predicted octanol–water partition coefficient (Wildman–Crippen LogP) is 7.01. The van der Waals surface area contributed by atoms with Crippen molar-refractivity contribution in [3.63, 3.8) is 0 Å². The van der Waals surface area contributed by atoms with Gasteiger partial charge in [0, 0.05) is 48.4 Å². The van der Waals surface area contributed by atoms with E-state index in [1.54, 1.807) is 36.4 Å². The number of carbonyl (C=O) groups excluding carboxylic acids is 3. The number of nitrogens with zero attached hydrogens (tertiary/aromatic N) is 4. The van der Waals surface area contributed by atoms with Crippen molar-refractivity contribution in [2.45, 2.75) is 91.6 Å². The van der Waals surface area contributed by atoms with Crippen molar-refractivity contribution in [3.8, 4) is 0 Å². The summed E-state index contributed by atoms with van der Waals surface area (Å²) in [5, 5.41) is 1.06. The van der Waals surface area contributed by atoms with Gasteiger partial charge in [0.1, 0.15) is 17.2 Å². The minimum absolute atomic E-state index is 0. The Morgan fingerprint density at radius 3 is 2.14 bits per heavy atom. The third-order valence-corrected chi connectivity index (χ3v) is 7.23. The molecule has 2 fully saturated rings. The molecule has 2 aliphatic rings. The number of ketones is 1. The zero-order valence-corrected chi connectivity index (χ0v) is 24.7. The highest BCUT2D eigenvalue weighted by molar-refractivity contribution is 5.81. The van der Waals surface area contributed by atoms with Gasteiger partial charge in [0.15, 0.2) is 11.9 Å². The molecule has 0 atom stereocenters. The van der Waals surface area contributed by atoms with Crippen molar-refractivity contribution in [2.75, 3.05) is 18.8 Å². The average Bonchev–Trinajstić information content (AvgIpc) is 2.97. The van der Waals surface area contributed by atoms with Crippen molar-refractivity contribution in [2.24, 2.45) is 5.92 Å². The fraction of sp³-hybridized carbons (Fsp3) is 0.515. The lowest BCUT2D eigenvalue weighted by atomic mass is 9.87. The molecule has 1 saturated heterocycles. The molecule has 1 aliphatic carbocycles. The van der Waals surface area contributed by atoms with E-state index in [0.29, 0.717) is 42.6 Å². The Kier molecular flexibility index (Phi) is 13.5. The maximum atomic E-state index is 12.1. The van der Waals surface area contributed by atoms with Gasteiger partial charge in [0.2, 0.25) is 0 Å². The molecule has 3 aromatic rings. The third-order valence-electron chi connectivity index (χ3n) is 7.23. The van der Waals surface area contributed by atoms with E-state index in [4.69, 9.17) is 10.5 Å². The lowest BCUT2D eigenvalue weighted by Crippen LogP contribution is -2.41. The highest BCUT2D eigenvalue weighted by Crippen LogP contribution is 2.28. The van der Waals surface area contributed by atoms with Gasteiger partial charge < -0.3 is 15.4 Å². The molecule has 9 heteroatoms. The summed E-state index contributed by atoms with van der Waals surface area (Å²) in [5.41, 5.74) is 7.15. The second kappa shape index (κ2) is 16.5. The molecule has 1 amide bonds. The summed E-state index contributed by atoms with van der Waals surface area (Å²) < 4.78 is 5.44. The number of fused-ring (bicyclic) bond motifs is 1. The molecule has 5 rings (SSSR count). The van der Waals surface area contributed by atoms with Gasteiger partial charge >= 0.3 is 6.09 Å². The first-order chi connectivity index (χ1) is 19.6. The topological polar surface area (TPSA) is 128 Å². The van der Waals surface area contributed by atoms with Crippen molar-refractivity contribution in [1.29, 1.82) is 0 Å². The molecule has 228 valence electrons. The van der Waals surface area contributed by atoms with Crippen molar-refractivity contribution in [1.82, 2.24) is 19.9 Å². The smallest absolute Gasteiger partial charge is 0.410 e. The van der Waals surface area contributed by atoms with Crippen LogP contribution in [0.3, 0.4) is 0 Å². The largest absolute Gasteiger partial charge is 0.444 e. The maximum Gasteiger partial charge on any atom is 0.410 e. The third kappa shape index (κ3) is 10.8. The molecule has 9 nitrogen and oxygen atoms in total. The zero-order valence-electron chi connectivity index (χ0n) is 24.7. The number of carbonyl (C=O) groups is 3. The van der Waals surface area contributed by atoms with E-state index >= 15 is 0 Å². The standard InChI is InChI=1S/C18H23N3O2.C8H14O.C6H6N2O.CH4/c1-18(2,3)23-17(22)21-11-8-13(9-12-21)15-7-6-14-5-4-10-19-16(14)20-15;1-7(9)8-5-3-2-4-6-8;7-6-5(4-9)2-1-3-8-6;/h4-7,10,13H,8-9,11-12H2,1-3H3;8H,2-6H2,1H3;1-4H,(H2,7,8);1H4. The molecule has 4 heterocycles. The second-order valence-electron chi connectivity index (χ2n) is 11.6. The van der Waals surface area contributed by atoms with Crippen molar-refractivity contribution < 1.29 is 19.1 Å². The molecule has 0 spiro atoms. The molecular formula is C33H47N5O4. The van der Waals surface area contributed by atoms with E-state index in [9.17, 15) is 14.4 Å². The van der Waals surface area contributed by atoms with Crippen molar-refractivity contribution in [3.05, 3.63) is 60.0 Å². The van der Waals surface area contributed by atoms with Gasteiger partial charge in [-0.1, -0.05) is 26.7 Å². The number of amides is 1. The van der Waals surface area contributed by atoms with Crippen LogP contribution in [-0.4, -0.2) is 56.7 Å². The monoisotopic (exact) mass is 577 g/mol. The summed E-state index contributed by atoms with van der Waals surface area (Å²) in [6.07, 6.45) is 11.8. The zero-order chi connectivity index (χ0) is 29.8. The van der Waals surface area contributed by atoms with Crippen LogP contribution in [0.25, 0.3) is 11.0 Å². The van der Waals surface area contributed by atoms with E-state index in [1.807, 2.05) is 32.9 Å². The molecule has 0 unspecified atom stereocenters. The van der Waals surface area contributed by atoms with Crippen LogP contribution in [0.5, 0.6) is 0 Å². The van der Waals surface area contributed by atoms with Crippen LogP contribution in [-0.2, 0) is 9.53 Å². The highest BCUT2D eigenvalue weighted by atomic mass is 16.6. The molecule has 0 bridgehead atoms. The number of nitrogens with two attached hydrogens (primary N) is 1. The Morgan fingerprint density at radius 1 is 0.952 bits per heavy atom. The number of aldehydes is 1. The first-order valence-electron chi connectivity index (χ1n) is 14.4. The van der Waals surface area contributed by atoms with Crippen LogP contribution in [0.4, 0.5) is 10.6 Å². The Hall–Kier alpha value is -3.88. The molecule has 0 aromatic carbocycles. The fourth-order valence-electron chi connectivity index (χ4n) is 4.92. The molecule has 0 radical (unpaired) electrons. The quantitative estimate of drug-likeness (QED) is 0.329. The number of aromatic nitrogens is 3. The van der Waals surface area contributed by atoms with Gasteiger partial charge in [-0.15, -0.1) is 0 Å². The number of hydrogen-bond donors (Lipinski definition) is 1. The summed E-state index contributed by atoms with van der Waals surface area (Å²) in [4.78, 5) is 47.5. The first kappa shape index (κ1) is 34.3. The van der Waals surface area contributed by atoms with Crippen LogP contribution in [0, 0.1) is 5.92 Å². The Labute approximate surface area is 250 Å². The Bertz CT molecular complexity index is 1290. The molecular weight excluding hydrogens is 530 g/mol. The minimum atomic E-state index is -0.445. The number of Topliss-reactive ketones (excluding diaryl/α,β-unsaturated/α-hetero) is 1. The van der Waals surface area contributed by atoms with Gasteiger partial charge in [-0.3, -0.25) is 9.59 Å². The van der Waals surface area contributed by atoms with E-state index in [-0.39, 0.29) is 19.3 Å². The number of rotatable bonds is 3. The van der Waals surface area contributed by atoms with Crippen molar-refractivity contribution >= 4 is 35.0 Å². The summed E-state index contributed by atoms with van der Waals surface area (Å²) in [7, 11) is 0. The van der Waals surface area contributed by atoms with E-state index < -0.39 is 5.60 Å². The van der Waals surface area contributed by atoms with Gasteiger partial charge in [0.25, 0.3) is 0 Å². The van der Waals surface area contributed by atoms with Crippen LogP contribution in [0.2, 0.25) is 0 Å². The van der Waals surface area contributed by atoms with E-state index in [2.05, 4.69) is 27.1 Å². The first-order valence-corrected chi connectivity index (χ1v) is 14.4. The number of hydrogen-bond acceptors (Lipinski definition) is 8. The maximum absolute atomic E-state index is 12.1. The molecule has 2 N–H and O–H groups in total. The van der Waals surface area contributed by atoms with E-state index in [1.165, 1.54) is 19.3 Å². The lowest BCUT2D eigenvalue weighted by molar-refractivity contribution is -0.121. The number of piperidine rings is 1. The molecule has 3 aromatic heterocycles. The van der Waals surface area contributed by atoms with Crippen LogP contribution in [0.1, 0.15) is 102 Å². The molecule has 1 saturated carbocycles. The predicted molar refractivity (Wildman–Crippen MR) is 167 cm³/mol. The molecule has 1 aliphatic heterocycles. The highest BCUT2D eigenvalue weighted by Gasteiger charge is 2.28. The summed E-state index contributed by atoms with van der Waals surface area (Å²) in [6.45, 7) is 8.82. The van der Waals surface area contributed by atoms with Crippen LogP contribution >= 0.6 is 0 Å². The average molecular weight is 578 g/mol. The minimum Gasteiger partial charge on any atom is -0.444 e. The normalized spacial score (nSPS) is 15.7. The summed E-state index contributed by atoms with van der Waals surface area (Å²) in [5.74, 6) is 1.47. The second-order valence-corrected chi connectivity index (χ2v) is 11.6. The van der Waals surface area contributed by atoms with E-state index in [0.717, 1.165) is 42.4 Å². The molecule has 42 heavy (non-hydrogen) atoms. The number of anilines is 1. The SMILES string of the molecule is C.CC(=O)C1CCCCC1.CC(C)(C)OC(=O)N1CCC(c2ccc3cccnc3n2)CC1.Nc1ncccc1C=O. The van der Waals surface area contributed by atoms with Gasteiger partial charge in [0.05, 0.1) is 5.56 Å². The van der Waals surface area contributed by atoms with Crippen LogP contribution in [0.15, 0.2) is 48.8 Å². The van der Waals surface area contributed by atoms with Gasteiger partial charge in [-0.05, 0) is 89.8 Å². The fourth-order valence-corrected chi connectivity index (χ4v) is 4.92. The van der Waals surface area contributed by atoms with Crippen LogP contribution < -0.4 is 5.73 Å². The Balaban J connectivity index is 0.000000267. The summed E-state index contributed by atoms with van der Waals surface area (Å²) >= 11 is 0. The van der Waals surface area contributed by atoms with Gasteiger partial charge in [-0.25, -0.2) is 19.7 Å². The number of pyridine rings is 3.